The zero-order valence-corrected chi connectivity index (χ0v) is 12.3. The molecule has 0 spiro atoms. The van der Waals surface area contributed by atoms with E-state index >= 15 is 0 Å². The van der Waals surface area contributed by atoms with Gasteiger partial charge in [-0.3, -0.25) is 9.59 Å². The Bertz CT molecular complexity index is 552. The van der Waals surface area contributed by atoms with Gasteiger partial charge in [-0.05, 0) is 25.8 Å². The molecule has 1 aromatic rings. The maximum atomic E-state index is 11.6. The van der Waals surface area contributed by atoms with Gasteiger partial charge in [0, 0.05) is 18.4 Å². The predicted octanol–water partition coefficient (Wildman–Crippen LogP) is 2.31. The quantitative estimate of drug-likeness (QED) is 0.843. The van der Waals surface area contributed by atoms with Crippen LogP contribution in [0.3, 0.4) is 0 Å². The van der Waals surface area contributed by atoms with Crippen LogP contribution in [0.5, 0.6) is 5.75 Å². The molecule has 1 N–H and O–H groups in total. The lowest BCUT2D eigenvalue weighted by Gasteiger charge is -2.33. The van der Waals surface area contributed by atoms with Crippen molar-refractivity contribution in [2.45, 2.75) is 38.5 Å². The van der Waals surface area contributed by atoms with E-state index in [1.807, 2.05) is 12.1 Å². The van der Waals surface area contributed by atoms with Gasteiger partial charge in [-0.15, -0.1) is 0 Å². The first-order valence-electron chi connectivity index (χ1n) is 7.13. The van der Waals surface area contributed by atoms with Crippen LogP contribution in [-0.2, 0) is 26.2 Å². The van der Waals surface area contributed by atoms with Crippen molar-refractivity contribution in [2.24, 2.45) is 0 Å². The minimum Gasteiger partial charge on any atom is -0.493 e. The number of hydrogen-bond acceptors (Lipinski definition) is 4. The van der Waals surface area contributed by atoms with Gasteiger partial charge in [0.25, 0.3) is 0 Å². The number of carbonyl (C=O) groups excluding carboxylic acids is 1. The van der Waals surface area contributed by atoms with Crippen LogP contribution in [0.2, 0.25) is 0 Å². The minimum atomic E-state index is -0.937. The zero-order valence-electron chi connectivity index (χ0n) is 12.3. The predicted molar refractivity (Wildman–Crippen MR) is 76.5 cm³/mol. The number of carboxylic acids is 1. The summed E-state index contributed by atoms with van der Waals surface area (Å²) in [6.45, 7) is 4.21. The number of hydrogen-bond donors (Lipinski definition) is 1. The molecule has 0 radical (unpaired) electrons. The summed E-state index contributed by atoms with van der Waals surface area (Å²) >= 11 is 0. The number of benzene rings is 1. The zero-order chi connectivity index (χ0) is 15.5. The maximum Gasteiger partial charge on any atom is 0.314 e. The topological polar surface area (TPSA) is 72.8 Å². The number of carboxylic acid groups (broad SMARTS) is 1. The largest absolute Gasteiger partial charge is 0.493 e. The van der Waals surface area contributed by atoms with Crippen molar-refractivity contribution >= 4 is 11.9 Å². The lowest BCUT2D eigenvalue weighted by Crippen LogP contribution is -2.38. The van der Waals surface area contributed by atoms with Gasteiger partial charge in [0.1, 0.15) is 5.75 Å². The molecule has 1 aliphatic rings. The Morgan fingerprint density at radius 3 is 2.86 bits per heavy atom. The normalized spacial score (nSPS) is 20.3. The van der Waals surface area contributed by atoms with Crippen molar-refractivity contribution in [1.29, 1.82) is 0 Å². The summed E-state index contributed by atoms with van der Waals surface area (Å²) in [7, 11) is 0. The van der Waals surface area contributed by atoms with Gasteiger partial charge in [0.05, 0.1) is 18.6 Å². The Labute approximate surface area is 123 Å². The van der Waals surface area contributed by atoms with Gasteiger partial charge >= 0.3 is 11.9 Å². The first-order chi connectivity index (χ1) is 9.99. The van der Waals surface area contributed by atoms with Crippen LogP contribution in [0.4, 0.5) is 0 Å². The van der Waals surface area contributed by atoms with Gasteiger partial charge in [0.2, 0.25) is 0 Å². The minimum absolute atomic E-state index is 0.257. The number of aryl methyl sites for hydroxylation is 1. The van der Waals surface area contributed by atoms with Crippen molar-refractivity contribution in [3.8, 4) is 5.75 Å². The van der Waals surface area contributed by atoms with Crippen molar-refractivity contribution in [3.63, 3.8) is 0 Å². The van der Waals surface area contributed by atoms with E-state index in [-0.39, 0.29) is 12.4 Å². The van der Waals surface area contributed by atoms with E-state index < -0.39 is 11.4 Å². The highest BCUT2D eigenvalue weighted by atomic mass is 16.5. The van der Waals surface area contributed by atoms with Crippen LogP contribution in [0.1, 0.15) is 37.8 Å². The monoisotopic (exact) mass is 292 g/mol. The van der Waals surface area contributed by atoms with Gasteiger partial charge in [0.15, 0.2) is 0 Å². The van der Waals surface area contributed by atoms with Gasteiger partial charge < -0.3 is 14.6 Å². The molecule has 5 nitrogen and oxygen atoms in total. The van der Waals surface area contributed by atoms with E-state index in [4.69, 9.17) is 9.47 Å². The lowest BCUT2D eigenvalue weighted by molar-refractivity contribution is -0.144. The highest BCUT2D eigenvalue weighted by Gasteiger charge is 2.40. The van der Waals surface area contributed by atoms with Crippen molar-refractivity contribution in [3.05, 3.63) is 29.3 Å². The third-order valence-corrected chi connectivity index (χ3v) is 3.92. The second-order valence-electron chi connectivity index (χ2n) is 5.33. The molecule has 21 heavy (non-hydrogen) atoms. The van der Waals surface area contributed by atoms with Gasteiger partial charge in [-0.2, -0.15) is 0 Å². The highest BCUT2D eigenvalue weighted by Crippen LogP contribution is 2.41. The Morgan fingerprint density at radius 2 is 2.19 bits per heavy atom. The van der Waals surface area contributed by atoms with Crippen molar-refractivity contribution in [2.75, 3.05) is 13.2 Å². The van der Waals surface area contributed by atoms with E-state index in [1.165, 1.54) is 0 Å². The molecular formula is C16H20O5. The lowest BCUT2D eigenvalue weighted by atomic mass is 9.77. The molecule has 0 aromatic heterocycles. The number of para-hydroxylation sites is 1. The van der Waals surface area contributed by atoms with E-state index in [0.717, 1.165) is 5.56 Å². The molecule has 0 aliphatic carbocycles. The average Bonchev–Trinajstić information content (AvgIpc) is 2.46. The third-order valence-electron chi connectivity index (χ3n) is 3.92. The summed E-state index contributed by atoms with van der Waals surface area (Å²) in [5.74, 6) is -0.501. The molecule has 1 unspecified atom stereocenters. The summed E-state index contributed by atoms with van der Waals surface area (Å²) in [5, 5.41) is 9.49. The number of carbonyl (C=O) groups is 2. The Hall–Kier alpha value is -2.04. The Kier molecular flexibility index (Phi) is 4.50. The SMILES string of the molecule is CCOC(=O)CCc1cccc2c1OCCC2(C)C(=O)O. The van der Waals surface area contributed by atoms with Crippen LogP contribution in [-0.4, -0.2) is 30.3 Å². The van der Waals surface area contributed by atoms with Gasteiger partial charge in [-0.1, -0.05) is 18.2 Å². The van der Waals surface area contributed by atoms with E-state index in [9.17, 15) is 14.7 Å². The van der Waals surface area contributed by atoms with Crippen LogP contribution in [0, 0.1) is 0 Å². The van der Waals surface area contributed by atoms with Crippen LogP contribution < -0.4 is 4.74 Å². The summed E-state index contributed by atoms with van der Waals surface area (Å²) in [4.78, 5) is 23.0. The number of rotatable bonds is 5. The molecule has 0 saturated heterocycles. The van der Waals surface area contributed by atoms with E-state index in [1.54, 1.807) is 19.9 Å². The number of aliphatic carboxylic acids is 1. The molecule has 0 saturated carbocycles. The Balaban J connectivity index is 2.26. The second kappa shape index (κ2) is 6.16. The second-order valence-corrected chi connectivity index (χ2v) is 5.33. The summed E-state index contributed by atoms with van der Waals surface area (Å²) in [5.41, 5.74) is 0.600. The molecule has 1 aliphatic heterocycles. The first kappa shape index (κ1) is 15.4. The fourth-order valence-corrected chi connectivity index (χ4v) is 2.57. The van der Waals surface area contributed by atoms with E-state index in [2.05, 4.69) is 0 Å². The van der Waals surface area contributed by atoms with Crippen LogP contribution in [0.25, 0.3) is 0 Å². The maximum absolute atomic E-state index is 11.6. The van der Waals surface area contributed by atoms with Gasteiger partial charge in [-0.25, -0.2) is 0 Å². The number of esters is 1. The fourth-order valence-electron chi connectivity index (χ4n) is 2.57. The fraction of sp³-hybridized carbons (Fsp3) is 0.500. The smallest absolute Gasteiger partial charge is 0.314 e. The summed E-state index contributed by atoms with van der Waals surface area (Å²) in [6, 6.07) is 5.47. The molecule has 2 rings (SSSR count). The molecule has 0 fully saturated rings. The molecule has 1 heterocycles. The molecule has 0 bridgehead atoms. The van der Waals surface area contributed by atoms with Crippen molar-refractivity contribution < 1.29 is 24.2 Å². The number of ether oxygens (including phenoxy) is 2. The molecule has 114 valence electrons. The molecular weight excluding hydrogens is 272 g/mol. The van der Waals surface area contributed by atoms with Crippen LogP contribution in [0.15, 0.2) is 18.2 Å². The highest BCUT2D eigenvalue weighted by molar-refractivity contribution is 5.82. The van der Waals surface area contributed by atoms with Crippen LogP contribution >= 0.6 is 0 Å². The molecule has 1 aromatic carbocycles. The standard InChI is InChI=1S/C16H20O5/c1-3-20-13(17)8-7-11-5-4-6-12-14(11)21-10-9-16(12,2)15(18)19/h4-6H,3,7-10H2,1-2H3,(H,18,19). The molecule has 5 heteroatoms. The Morgan fingerprint density at radius 1 is 1.43 bits per heavy atom. The third kappa shape index (κ3) is 3.01. The molecule has 0 amide bonds. The summed E-state index contributed by atoms with van der Waals surface area (Å²) in [6.07, 6.45) is 1.19. The first-order valence-corrected chi connectivity index (χ1v) is 7.13. The van der Waals surface area contributed by atoms with Crippen molar-refractivity contribution in [1.82, 2.24) is 0 Å². The average molecular weight is 292 g/mol. The molecule has 1 atom stereocenters. The summed E-state index contributed by atoms with van der Waals surface area (Å²) < 4.78 is 10.6. The van der Waals surface area contributed by atoms with E-state index in [0.29, 0.717) is 37.4 Å². The number of fused-ring (bicyclic) bond motifs is 1.